The minimum absolute atomic E-state index is 0.0327. The van der Waals surface area contributed by atoms with E-state index < -0.39 is 0 Å². The van der Waals surface area contributed by atoms with Crippen LogP contribution in [-0.2, 0) is 4.84 Å². The van der Waals surface area contributed by atoms with E-state index in [1.54, 1.807) is 30.3 Å². The van der Waals surface area contributed by atoms with Crippen molar-refractivity contribution in [2.75, 3.05) is 6.61 Å². The molecular formula is C26H39N3O3. The van der Waals surface area contributed by atoms with Gasteiger partial charge in [0.1, 0.15) is 0 Å². The first kappa shape index (κ1) is 24.5. The molecule has 1 saturated carbocycles. The Bertz CT molecular complexity index is 792. The number of hydroxylamine groups is 2. The summed E-state index contributed by atoms with van der Waals surface area (Å²) >= 11 is 0. The van der Waals surface area contributed by atoms with E-state index in [0.29, 0.717) is 17.7 Å². The number of piperidine rings is 1. The SMILES string of the molecule is C=CCON1C(C)(C)CC(NC(=O)c2ccc(C(=O)NC3CCCCC3)cc2)CC1(C)C. The predicted octanol–water partition coefficient (Wildman–Crippen LogP) is 4.62. The third-order valence-electron chi connectivity index (χ3n) is 6.60. The van der Waals surface area contributed by atoms with Gasteiger partial charge in [0.05, 0.1) is 6.61 Å². The second-order valence-electron chi connectivity index (χ2n) is 10.5. The molecule has 3 rings (SSSR count). The van der Waals surface area contributed by atoms with Crippen LogP contribution in [0.5, 0.6) is 0 Å². The van der Waals surface area contributed by atoms with Crippen molar-refractivity contribution in [2.24, 2.45) is 0 Å². The van der Waals surface area contributed by atoms with Gasteiger partial charge in [0, 0.05) is 34.3 Å². The number of amides is 2. The van der Waals surface area contributed by atoms with Gasteiger partial charge in [-0.25, -0.2) is 0 Å². The molecule has 0 spiro atoms. The fourth-order valence-corrected chi connectivity index (χ4v) is 5.40. The molecule has 1 aromatic carbocycles. The van der Waals surface area contributed by atoms with Crippen LogP contribution in [0, 0.1) is 0 Å². The van der Waals surface area contributed by atoms with Crippen molar-refractivity contribution in [3.05, 3.63) is 48.0 Å². The number of rotatable bonds is 7. The summed E-state index contributed by atoms with van der Waals surface area (Å²) in [5.41, 5.74) is 0.704. The van der Waals surface area contributed by atoms with Gasteiger partial charge in [0.2, 0.25) is 0 Å². The lowest BCUT2D eigenvalue weighted by atomic mass is 9.79. The van der Waals surface area contributed by atoms with E-state index in [0.717, 1.165) is 25.7 Å². The second-order valence-corrected chi connectivity index (χ2v) is 10.5. The van der Waals surface area contributed by atoms with Crippen molar-refractivity contribution in [2.45, 2.75) is 95.8 Å². The van der Waals surface area contributed by atoms with Crippen molar-refractivity contribution in [3.63, 3.8) is 0 Å². The molecule has 0 atom stereocenters. The molecule has 6 heteroatoms. The van der Waals surface area contributed by atoms with E-state index in [1.807, 2.05) is 5.06 Å². The molecule has 2 aliphatic rings. The number of carbonyl (C=O) groups is 2. The van der Waals surface area contributed by atoms with E-state index in [9.17, 15) is 9.59 Å². The molecular weight excluding hydrogens is 402 g/mol. The molecule has 1 aliphatic carbocycles. The van der Waals surface area contributed by atoms with Crippen LogP contribution in [-0.4, -0.2) is 46.6 Å². The number of benzene rings is 1. The van der Waals surface area contributed by atoms with Gasteiger partial charge in [-0.1, -0.05) is 25.3 Å². The summed E-state index contributed by atoms with van der Waals surface area (Å²) in [5, 5.41) is 8.37. The summed E-state index contributed by atoms with van der Waals surface area (Å²) in [4.78, 5) is 31.4. The monoisotopic (exact) mass is 441 g/mol. The van der Waals surface area contributed by atoms with Crippen LogP contribution in [0.2, 0.25) is 0 Å². The highest BCUT2D eigenvalue weighted by Gasteiger charge is 2.46. The standard InChI is InChI=1S/C26H39N3O3/c1-6-16-32-29-25(2,3)17-22(18-26(29,4)5)28-24(31)20-14-12-19(13-15-20)23(30)27-21-10-8-7-9-11-21/h6,12-15,21-22H,1,7-11,16-18H2,2-5H3,(H,27,30)(H,28,31). The number of hydrogen-bond donors (Lipinski definition) is 2. The molecule has 1 heterocycles. The van der Waals surface area contributed by atoms with Gasteiger partial charge >= 0.3 is 0 Å². The van der Waals surface area contributed by atoms with E-state index >= 15 is 0 Å². The summed E-state index contributed by atoms with van der Waals surface area (Å²) in [6.07, 6.45) is 9.02. The summed E-state index contributed by atoms with van der Waals surface area (Å²) in [5.74, 6) is -0.166. The predicted molar refractivity (Wildman–Crippen MR) is 127 cm³/mol. The fraction of sp³-hybridized carbons (Fsp3) is 0.615. The number of nitrogens with zero attached hydrogens (tertiary/aromatic N) is 1. The van der Waals surface area contributed by atoms with Gasteiger partial charge in [-0.15, -0.1) is 6.58 Å². The van der Waals surface area contributed by atoms with Gasteiger partial charge in [-0.3, -0.25) is 14.4 Å². The minimum atomic E-state index is -0.232. The van der Waals surface area contributed by atoms with Gasteiger partial charge in [-0.2, -0.15) is 5.06 Å². The first-order valence-corrected chi connectivity index (χ1v) is 11.9. The maximum atomic E-state index is 12.9. The van der Waals surface area contributed by atoms with Crippen molar-refractivity contribution >= 4 is 11.8 Å². The smallest absolute Gasteiger partial charge is 0.251 e. The molecule has 6 nitrogen and oxygen atoms in total. The molecule has 32 heavy (non-hydrogen) atoms. The van der Waals surface area contributed by atoms with E-state index in [-0.39, 0.29) is 35.0 Å². The zero-order valence-electron chi connectivity index (χ0n) is 20.1. The largest absolute Gasteiger partial charge is 0.349 e. The Balaban J connectivity index is 1.59. The Hall–Kier alpha value is -2.18. The number of carbonyl (C=O) groups excluding carboxylic acids is 2. The molecule has 1 saturated heterocycles. The third-order valence-corrected chi connectivity index (χ3v) is 6.60. The zero-order chi connectivity index (χ0) is 23.4. The quantitative estimate of drug-likeness (QED) is 0.606. The molecule has 1 aromatic rings. The van der Waals surface area contributed by atoms with Crippen molar-refractivity contribution in [3.8, 4) is 0 Å². The second kappa shape index (κ2) is 10.2. The molecule has 0 bridgehead atoms. The third kappa shape index (κ3) is 5.99. The van der Waals surface area contributed by atoms with Crippen molar-refractivity contribution < 1.29 is 14.4 Å². The fourth-order valence-electron chi connectivity index (χ4n) is 5.40. The Morgan fingerprint density at radius 2 is 1.41 bits per heavy atom. The van der Waals surface area contributed by atoms with Crippen LogP contribution in [0.3, 0.4) is 0 Å². The molecule has 0 radical (unpaired) electrons. The van der Waals surface area contributed by atoms with Gasteiger partial charge in [-0.05, 0) is 77.6 Å². The zero-order valence-corrected chi connectivity index (χ0v) is 20.1. The molecule has 0 aromatic heterocycles. The van der Waals surface area contributed by atoms with Crippen LogP contribution >= 0.6 is 0 Å². The Morgan fingerprint density at radius 1 is 0.938 bits per heavy atom. The molecule has 176 valence electrons. The lowest BCUT2D eigenvalue weighted by molar-refractivity contribution is -0.277. The molecule has 2 amide bonds. The molecule has 0 unspecified atom stereocenters. The number of nitrogens with one attached hydrogen (secondary N) is 2. The maximum absolute atomic E-state index is 12.9. The number of hydrogen-bond acceptors (Lipinski definition) is 4. The lowest BCUT2D eigenvalue weighted by Crippen LogP contribution is -2.64. The van der Waals surface area contributed by atoms with Gasteiger partial charge in [0.25, 0.3) is 11.8 Å². The van der Waals surface area contributed by atoms with E-state index in [2.05, 4.69) is 44.9 Å². The Kier molecular flexibility index (Phi) is 7.78. The highest BCUT2D eigenvalue weighted by Crippen LogP contribution is 2.38. The normalized spacial score (nSPS) is 21.6. The van der Waals surface area contributed by atoms with Crippen LogP contribution in [0.25, 0.3) is 0 Å². The van der Waals surface area contributed by atoms with Gasteiger partial charge < -0.3 is 10.6 Å². The van der Waals surface area contributed by atoms with Crippen LogP contribution < -0.4 is 10.6 Å². The molecule has 1 aliphatic heterocycles. The van der Waals surface area contributed by atoms with E-state index in [4.69, 9.17) is 4.84 Å². The topological polar surface area (TPSA) is 70.7 Å². The average Bonchev–Trinajstić information content (AvgIpc) is 2.73. The summed E-state index contributed by atoms with van der Waals surface area (Å²) < 4.78 is 0. The first-order chi connectivity index (χ1) is 15.1. The average molecular weight is 442 g/mol. The lowest BCUT2D eigenvalue weighted by Gasteiger charge is -2.53. The van der Waals surface area contributed by atoms with Crippen LogP contribution in [0.1, 0.15) is 93.4 Å². The van der Waals surface area contributed by atoms with Crippen molar-refractivity contribution in [1.29, 1.82) is 0 Å². The Labute approximate surface area is 192 Å². The van der Waals surface area contributed by atoms with Crippen LogP contribution in [0.15, 0.2) is 36.9 Å². The summed E-state index contributed by atoms with van der Waals surface area (Å²) in [7, 11) is 0. The highest BCUT2D eigenvalue weighted by atomic mass is 16.7. The van der Waals surface area contributed by atoms with Crippen LogP contribution in [0.4, 0.5) is 0 Å². The molecule has 2 N–H and O–H groups in total. The highest BCUT2D eigenvalue weighted by molar-refractivity contribution is 5.98. The van der Waals surface area contributed by atoms with Crippen molar-refractivity contribution in [1.82, 2.24) is 15.7 Å². The minimum Gasteiger partial charge on any atom is -0.349 e. The van der Waals surface area contributed by atoms with Gasteiger partial charge in [0.15, 0.2) is 0 Å². The Morgan fingerprint density at radius 3 is 1.88 bits per heavy atom. The first-order valence-electron chi connectivity index (χ1n) is 11.9. The van der Waals surface area contributed by atoms with E-state index in [1.165, 1.54) is 19.3 Å². The summed E-state index contributed by atoms with van der Waals surface area (Å²) in [6.45, 7) is 12.7. The molecule has 2 fully saturated rings. The maximum Gasteiger partial charge on any atom is 0.251 e. The summed E-state index contributed by atoms with van der Waals surface area (Å²) in [6, 6.07) is 7.27.